The zero-order valence-electron chi connectivity index (χ0n) is 20.7. The van der Waals surface area contributed by atoms with Gasteiger partial charge >= 0.3 is 5.97 Å². The Morgan fingerprint density at radius 1 is 1.00 bits per heavy atom. The van der Waals surface area contributed by atoms with E-state index in [0.29, 0.717) is 19.8 Å². The topological polar surface area (TPSA) is 91.1 Å². The SMILES string of the molecule is CCOC(OCC)[C@@H](C)N(Cc1cccc2ccccc12)C(=O)C(N)CC(=O)OC(C)(C)C. The molecule has 33 heavy (non-hydrogen) atoms. The van der Waals surface area contributed by atoms with Crippen LogP contribution in [0.25, 0.3) is 10.8 Å². The summed E-state index contributed by atoms with van der Waals surface area (Å²) in [5.74, 6) is -0.863. The third-order valence-corrected chi connectivity index (χ3v) is 5.17. The molecule has 0 fully saturated rings. The van der Waals surface area contributed by atoms with E-state index in [1.807, 2.05) is 63.2 Å². The van der Waals surface area contributed by atoms with Crippen LogP contribution in [0.2, 0.25) is 0 Å². The molecule has 7 nitrogen and oxygen atoms in total. The number of carbonyl (C=O) groups is 2. The molecule has 7 heteroatoms. The molecular formula is C26H38N2O5. The first-order valence-electron chi connectivity index (χ1n) is 11.5. The minimum absolute atomic E-state index is 0.206. The van der Waals surface area contributed by atoms with Gasteiger partial charge in [-0.05, 0) is 57.9 Å². The lowest BCUT2D eigenvalue weighted by Gasteiger charge is -2.36. The van der Waals surface area contributed by atoms with E-state index in [1.165, 1.54) is 0 Å². The molecule has 0 saturated carbocycles. The Labute approximate surface area is 197 Å². The molecule has 0 spiro atoms. The molecule has 0 heterocycles. The van der Waals surface area contributed by atoms with E-state index < -0.39 is 29.9 Å². The fourth-order valence-electron chi connectivity index (χ4n) is 3.70. The highest BCUT2D eigenvalue weighted by molar-refractivity contribution is 5.88. The van der Waals surface area contributed by atoms with Crippen molar-refractivity contribution < 1.29 is 23.8 Å². The number of ether oxygens (including phenoxy) is 3. The molecule has 2 rings (SSSR count). The third kappa shape index (κ3) is 7.81. The molecule has 2 aromatic rings. The maximum atomic E-state index is 13.5. The van der Waals surface area contributed by atoms with Crippen LogP contribution < -0.4 is 5.73 Å². The predicted molar refractivity (Wildman–Crippen MR) is 129 cm³/mol. The van der Waals surface area contributed by atoms with Gasteiger partial charge in [0.05, 0.1) is 18.5 Å². The summed E-state index contributed by atoms with van der Waals surface area (Å²) in [6, 6.07) is 12.5. The second kappa shape index (κ2) is 12.1. The zero-order valence-corrected chi connectivity index (χ0v) is 20.7. The number of rotatable bonds is 11. The van der Waals surface area contributed by atoms with Gasteiger partial charge in [-0.3, -0.25) is 9.59 Å². The molecule has 2 aromatic carbocycles. The van der Waals surface area contributed by atoms with Gasteiger partial charge in [-0.25, -0.2) is 0 Å². The van der Waals surface area contributed by atoms with Crippen LogP contribution in [-0.2, 0) is 30.3 Å². The van der Waals surface area contributed by atoms with E-state index in [9.17, 15) is 9.59 Å². The van der Waals surface area contributed by atoms with Gasteiger partial charge in [-0.15, -0.1) is 0 Å². The summed E-state index contributed by atoms with van der Waals surface area (Å²) in [4.78, 5) is 27.5. The van der Waals surface area contributed by atoms with Crippen molar-refractivity contribution in [1.82, 2.24) is 4.90 Å². The van der Waals surface area contributed by atoms with Gasteiger partial charge in [0.25, 0.3) is 0 Å². The van der Waals surface area contributed by atoms with Crippen molar-refractivity contribution in [3.8, 4) is 0 Å². The van der Waals surface area contributed by atoms with Crippen molar-refractivity contribution in [3.63, 3.8) is 0 Å². The minimum atomic E-state index is -1.04. The van der Waals surface area contributed by atoms with Crippen LogP contribution in [-0.4, -0.2) is 54.0 Å². The van der Waals surface area contributed by atoms with E-state index in [2.05, 4.69) is 0 Å². The summed E-state index contributed by atoms with van der Waals surface area (Å²) in [7, 11) is 0. The lowest BCUT2D eigenvalue weighted by atomic mass is 10.0. The summed E-state index contributed by atoms with van der Waals surface area (Å²) >= 11 is 0. The van der Waals surface area contributed by atoms with E-state index in [-0.39, 0.29) is 12.3 Å². The van der Waals surface area contributed by atoms with Gasteiger partial charge in [-0.1, -0.05) is 42.5 Å². The van der Waals surface area contributed by atoms with Crippen LogP contribution in [0.1, 0.15) is 53.5 Å². The van der Waals surface area contributed by atoms with Crippen molar-refractivity contribution in [1.29, 1.82) is 0 Å². The van der Waals surface area contributed by atoms with Crippen LogP contribution in [0.5, 0.6) is 0 Å². The number of hydrogen-bond acceptors (Lipinski definition) is 6. The van der Waals surface area contributed by atoms with Gasteiger partial charge < -0.3 is 24.8 Å². The van der Waals surface area contributed by atoms with E-state index in [4.69, 9.17) is 19.9 Å². The summed E-state index contributed by atoms with van der Waals surface area (Å²) in [5.41, 5.74) is 6.54. The molecule has 0 bridgehead atoms. The molecule has 1 amide bonds. The quantitative estimate of drug-likeness (QED) is 0.404. The summed E-state index contributed by atoms with van der Waals surface area (Å²) in [5, 5.41) is 2.13. The van der Waals surface area contributed by atoms with E-state index in [0.717, 1.165) is 16.3 Å². The molecular weight excluding hydrogens is 420 g/mol. The molecule has 0 aliphatic heterocycles. The molecule has 2 N–H and O–H groups in total. The smallest absolute Gasteiger partial charge is 0.308 e. The van der Waals surface area contributed by atoms with Crippen molar-refractivity contribution in [2.24, 2.45) is 5.73 Å². The van der Waals surface area contributed by atoms with Gasteiger partial charge in [0, 0.05) is 19.8 Å². The van der Waals surface area contributed by atoms with Gasteiger partial charge in [0.2, 0.25) is 5.91 Å². The van der Waals surface area contributed by atoms with Crippen LogP contribution in [0.4, 0.5) is 0 Å². The number of amides is 1. The Morgan fingerprint density at radius 2 is 1.61 bits per heavy atom. The first kappa shape index (κ1) is 26.8. The molecule has 0 aromatic heterocycles. The summed E-state index contributed by atoms with van der Waals surface area (Å²) in [6.45, 7) is 12.2. The maximum absolute atomic E-state index is 13.5. The Balaban J connectivity index is 2.35. The fraction of sp³-hybridized carbons (Fsp3) is 0.538. The number of hydrogen-bond donors (Lipinski definition) is 1. The van der Waals surface area contributed by atoms with Gasteiger partial charge in [0.15, 0.2) is 6.29 Å². The second-order valence-corrected chi connectivity index (χ2v) is 9.02. The molecule has 0 aliphatic rings. The van der Waals surface area contributed by atoms with Crippen LogP contribution in [0, 0.1) is 0 Å². The molecule has 0 aliphatic carbocycles. The first-order valence-corrected chi connectivity index (χ1v) is 11.5. The van der Waals surface area contributed by atoms with E-state index in [1.54, 1.807) is 25.7 Å². The van der Waals surface area contributed by atoms with Crippen LogP contribution in [0.3, 0.4) is 0 Å². The van der Waals surface area contributed by atoms with Gasteiger partial charge in [-0.2, -0.15) is 0 Å². The standard InChI is InChI=1S/C26H38N2O5/c1-7-31-25(32-8-2)18(3)28(24(30)22(27)16-23(29)33-26(4,5)6)17-20-14-11-13-19-12-9-10-15-21(19)20/h9-15,18,22,25H,7-8,16-17,27H2,1-6H3/t18-,22?/m1/s1. The van der Waals surface area contributed by atoms with Crippen LogP contribution >= 0.6 is 0 Å². The number of fused-ring (bicyclic) bond motifs is 1. The van der Waals surface area contributed by atoms with Crippen molar-refractivity contribution in [2.45, 2.75) is 78.5 Å². The number of benzene rings is 2. The summed E-state index contributed by atoms with van der Waals surface area (Å²) in [6.07, 6.45) is -0.823. The normalized spacial score (nSPS) is 13.7. The fourth-order valence-corrected chi connectivity index (χ4v) is 3.70. The summed E-state index contributed by atoms with van der Waals surface area (Å²) < 4.78 is 16.9. The molecule has 0 saturated heterocycles. The largest absolute Gasteiger partial charge is 0.460 e. The van der Waals surface area contributed by atoms with Crippen molar-refractivity contribution in [3.05, 3.63) is 48.0 Å². The molecule has 0 radical (unpaired) electrons. The minimum Gasteiger partial charge on any atom is -0.460 e. The Morgan fingerprint density at radius 3 is 2.21 bits per heavy atom. The number of esters is 1. The number of nitrogens with two attached hydrogens (primary N) is 1. The first-order chi connectivity index (χ1) is 15.6. The van der Waals surface area contributed by atoms with Gasteiger partial charge in [0.1, 0.15) is 5.60 Å². The predicted octanol–water partition coefficient (Wildman–Crippen LogP) is 4.02. The average Bonchev–Trinajstić information content (AvgIpc) is 2.75. The lowest BCUT2D eigenvalue weighted by Crippen LogP contribution is -2.53. The highest BCUT2D eigenvalue weighted by Gasteiger charge is 2.33. The number of carbonyl (C=O) groups excluding carboxylic acids is 2. The monoisotopic (exact) mass is 458 g/mol. The Bertz CT molecular complexity index is 913. The highest BCUT2D eigenvalue weighted by Crippen LogP contribution is 2.23. The maximum Gasteiger partial charge on any atom is 0.308 e. The van der Waals surface area contributed by atoms with Crippen LogP contribution in [0.15, 0.2) is 42.5 Å². The Hall–Kier alpha value is -2.48. The molecule has 1 unspecified atom stereocenters. The second-order valence-electron chi connectivity index (χ2n) is 9.02. The van der Waals surface area contributed by atoms with Crippen molar-refractivity contribution in [2.75, 3.05) is 13.2 Å². The Kier molecular flexibility index (Phi) is 9.83. The zero-order chi connectivity index (χ0) is 24.6. The lowest BCUT2D eigenvalue weighted by molar-refractivity contribution is -0.180. The molecule has 182 valence electrons. The highest BCUT2D eigenvalue weighted by atomic mass is 16.7. The third-order valence-electron chi connectivity index (χ3n) is 5.17. The van der Waals surface area contributed by atoms with Crippen molar-refractivity contribution >= 4 is 22.6 Å². The molecule has 2 atom stereocenters. The average molecular weight is 459 g/mol. The number of nitrogens with zero attached hydrogens (tertiary/aromatic N) is 1. The van der Waals surface area contributed by atoms with E-state index >= 15 is 0 Å².